The first-order valence-electron chi connectivity index (χ1n) is 9.06. The summed E-state index contributed by atoms with van der Waals surface area (Å²) in [6, 6.07) is 7.32. The molecule has 1 N–H and O–H groups in total. The normalized spacial score (nSPS) is 19.0. The number of aromatic nitrogens is 1. The van der Waals surface area contributed by atoms with Crippen molar-refractivity contribution in [3.8, 4) is 5.75 Å². The van der Waals surface area contributed by atoms with Gasteiger partial charge in [-0.15, -0.1) is 0 Å². The van der Waals surface area contributed by atoms with Gasteiger partial charge >= 0.3 is 0 Å². The Bertz CT molecular complexity index is 987. The quantitative estimate of drug-likeness (QED) is 0.759. The summed E-state index contributed by atoms with van der Waals surface area (Å²) in [4.78, 5) is 29.2. The second kappa shape index (κ2) is 8.06. The maximum Gasteiger partial charge on any atom is 0.270 e. The zero-order valence-electron chi connectivity index (χ0n) is 14.8. The maximum absolute atomic E-state index is 12.3. The Labute approximate surface area is 160 Å². The van der Waals surface area contributed by atoms with Gasteiger partial charge in [0.1, 0.15) is 5.75 Å². The molecule has 1 fully saturated rings. The number of hydrogen-bond acceptors (Lipinski definition) is 6. The molecule has 0 radical (unpaired) electrons. The van der Waals surface area contributed by atoms with E-state index >= 15 is 0 Å². The number of ether oxygens (including phenoxy) is 2. The summed E-state index contributed by atoms with van der Waals surface area (Å²) in [6.45, 7) is 2.63. The van der Waals surface area contributed by atoms with Crippen LogP contribution >= 0.6 is 11.3 Å². The fraction of sp³-hybridized carbons (Fsp3) is 0.421. The standard InChI is InChI=1S/C19H21N3O4S/c23-17(21-11-15-2-1-9-25-15)12-26-14-5-3-13(4-6-14)10-16-18(24)22-8-7-20-19(22)27-16/h3-6,10,15H,1-2,7-9,11-12H2,(H,21,23)/b16-10+/t15-/m1/s1. The number of fused-ring (bicyclic) bond motifs is 1. The summed E-state index contributed by atoms with van der Waals surface area (Å²) >= 11 is 1.41. The van der Waals surface area contributed by atoms with Crippen LogP contribution < -0.4 is 24.9 Å². The number of carbonyl (C=O) groups excluding carboxylic acids is 1. The molecule has 2 aliphatic rings. The van der Waals surface area contributed by atoms with E-state index in [2.05, 4.69) is 10.3 Å². The number of amides is 1. The fourth-order valence-electron chi connectivity index (χ4n) is 3.11. The predicted octanol–water partition coefficient (Wildman–Crippen LogP) is 0.0458. The summed E-state index contributed by atoms with van der Waals surface area (Å²) in [5.41, 5.74) is 0.919. The molecular formula is C19H21N3O4S. The third kappa shape index (κ3) is 4.28. The number of benzene rings is 1. The highest BCUT2D eigenvalue weighted by molar-refractivity contribution is 7.07. The Kier molecular flexibility index (Phi) is 5.35. The molecule has 0 spiro atoms. The van der Waals surface area contributed by atoms with E-state index in [1.807, 2.05) is 18.2 Å². The third-order valence-electron chi connectivity index (χ3n) is 4.56. The largest absolute Gasteiger partial charge is 0.484 e. The van der Waals surface area contributed by atoms with Crippen LogP contribution in [0.4, 0.5) is 0 Å². The zero-order valence-corrected chi connectivity index (χ0v) is 15.7. The van der Waals surface area contributed by atoms with Crippen LogP contribution in [-0.2, 0) is 16.1 Å². The van der Waals surface area contributed by atoms with E-state index in [0.717, 1.165) is 29.8 Å². The van der Waals surface area contributed by atoms with Crippen molar-refractivity contribution in [3.05, 3.63) is 49.5 Å². The van der Waals surface area contributed by atoms with Gasteiger partial charge in [0.25, 0.3) is 11.5 Å². The zero-order chi connectivity index (χ0) is 18.6. The van der Waals surface area contributed by atoms with Gasteiger partial charge in [-0.05, 0) is 36.6 Å². The van der Waals surface area contributed by atoms with Crippen molar-refractivity contribution in [1.82, 2.24) is 9.88 Å². The smallest absolute Gasteiger partial charge is 0.270 e. The number of nitrogens with zero attached hydrogens (tertiary/aromatic N) is 2. The Hall–Kier alpha value is -2.45. The average Bonchev–Trinajstić information content (AvgIpc) is 3.40. The molecule has 1 aromatic heterocycles. The van der Waals surface area contributed by atoms with Gasteiger partial charge in [-0.25, -0.2) is 0 Å². The van der Waals surface area contributed by atoms with E-state index < -0.39 is 0 Å². The first-order valence-corrected chi connectivity index (χ1v) is 9.88. The molecular weight excluding hydrogens is 366 g/mol. The lowest BCUT2D eigenvalue weighted by molar-refractivity contribution is -0.123. The van der Waals surface area contributed by atoms with Crippen molar-refractivity contribution in [2.45, 2.75) is 25.5 Å². The number of hydrogen-bond donors (Lipinski definition) is 1. The lowest BCUT2D eigenvalue weighted by atomic mass is 10.2. The molecule has 2 aromatic rings. The molecule has 4 rings (SSSR count). The first kappa shape index (κ1) is 17.9. The molecule has 2 aliphatic heterocycles. The number of carbonyl (C=O) groups is 1. The Balaban J connectivity index is 1.33. The van der Waals surface area contributed by atoms with Crippen LogP contribution in [-0.4, -0.2) is 42.9 Å². The highest BCUT2D eigenvalue weighted by Crippen LogP contribution is 2.13. The SMILES string of the molecule is O=C(COc1ccc(/C=c2/sc3n(c2=O)CCN=3)cc1)NC[C@H]1CCCO1. The molecule has 7 nitrogen and oxygen atoms in total. The molecule has 1 amide bonds. The summed E-state index contributed by atoms with van der Waals surface area (Å²) in [5, 5.41) is 2.82. The predicted molar refractivity (Wildman–Crippen MR) is 102 cm³/mol. The van der Waals surface area contributed by atoms with Crippen molar-refractivity contribution in [2.24, 2.45) is 4.99 Å². The van der Waals surface area contributed by atoms with Crippen molar-refractivity contribution in [1.29, 1.82) is 0 Å². The molecule has 3 heterocycles. The van der Waals surface area contributed by atoms with Gasteiger partial charge in [-0.1, -0.05) is 23.5 Å². The van der Waals surface area contributed by atoms with Gasteiger partial charge in [-0.3, -0.25) is 19.1 Å². The van der Waals surface area contributed by atoms with Crippen LogP contribution in [0.15, 0.2) is 34.1 Å². The molecule has 0 bridgehead atoms. The molecule has 27 heavy (non-hydrogen) atoms. The van der Waals surface area contributed by atoms with Crippen molar-refractivity contribution < 1.29 is 14.3 Å². The monoisotopic (exact) mass is 387 g/mol. The summed E-state index contributed by atoms with van der Waals surface area (Å²) in [6.07, 6.45) is 4.02. The Morgan fingerprint density at radius 2 is 2.26 bits per heavy atom. The van der Waals surface area contributed by atoms with Crippen molar-refractivity contribution in [2.75, 3.05) is 26.3 Å². The van der Waals surface area contributed by atoms with Crippen molar-refractivity contribution in [3.63, 3.8) is 0 Å². The molecule has 1 atom stereocenters. The second-order valence-corrected chi connectivity index (χ2v) is 7.54. The summed E-state index contributed by atoms with van der Waals surface area (Å²) in [5.74, 6) is 0.450. The number of thiazole rings is 1. The Morgan fingerprint density at radius 1 is 1.41 bits per heavy atom. The maximum atomic E-state index is 12.3. The van der Waals surface area contributed by atoms with E-state index in [9.17, 15) is 9.59 Å². The van der Waals surface area contributed by atoms with Gasteiger partial charge in [0.15, 0.2) is 11.4 Å². The highest BCUT2D eigenvalue weighted by atomic mass is 32.1. The minimum atomic E-state index is -0.161. The van der Waals surface area contributed by atoms with Crippen molar-refractivity contribution >= 4 is 23.3 Å². The second-order valence-electron chi connectivity index (χ2n) is 6.53. The molecule has 1 saturated heterocycles. The van der Waals surface area contributed by atoms with Gasteiger partial charge < -0.3 is 14.8 Å². The minimum absolute atomic E-state index is 0.0134. The van der Waals surface area contributed by atoms with Crippen LogP contribution in [0.2, 0.25) is 0 Å². The molecule has 0 aliphatic carbocycles. The molecule has 8 heteroatoms. The number of rotatable bonds is 6. The third-order valence-corrected chi connectivity index (χ3v) is 5.60. The van der Waals surface area contributed by atoms with Crippen LogP contribution in [0.5, 0.6) is 5.75 Å². The van der Waals surface area contributed by atoms with Gasteiger partial charge in [0.2, 0.25) is 0 Å². The van der Waals surface area contributed by atoms with Crippen LogP contribution in [0, 0.1) is 0 Å². The Morgan fingerprint density at radius 3 is 3.00 bits per heavy atom. The van der Waals surface area contributed by atoms with E-state index in [0.29, 0.717) is 29.9 Å². The first-order chi connectivity index (χ1) is 13.2. The van der Waals surface area contributed by atoms with Crippen LogP contribution in [0.25, 0.3) is 6.08 Å². The van der Waals surface area contributed by atoms with Gasteiger partial charge in [0.05, 0.1) is 17.2 Å². The van der Waals surface area contributed by atoms with E-state index in [1.54, 1.807) is 16.7 Å². The van der Waals surface area contributed by atoms with Gasteiger partial charge in [0, 0.05) is 19.7 Å². The van der Waals surface area contributed by atoms with Crippen LogP contribution in [0.3, 0.4) is 0 Å². The molecule has 0 unspecified atom stereocenters. The van der Waals surface area contributed by atoms with E-state index in [1.165, 1.54) is 11.3 Å². The van der Waals surface area contributed by atoms with E-state index in [-0.39, 0.29) is 24.2 Å². The average molecular weight is 387 g/mol. The molecule has 1 aromatic carbocycles. The topological polar surface area (TPSA) is 81.9 Å². The minimum Gasteiger partial charge on any atom is -0.484 e. The molecule has 142 valence electrons. The van der Waals surface area contributed by atoms with E-state index in [4.69, 9.17) is 9.47 Å². The van der Waals surface area contributed by atoms with Gasteiger partial charge in [-0.2, -0.15) is 0 Å². The summed E-state index contributed by atoms with van der Waals surface area (Å²) in [7, 11) is 0. The summed E-state index contributed by atoms with van der Waals surface area (Å²) < 4.78 is 13.4. The fourth-order valence-corrected chi connectivity index (χ4v) is 4.14. The molecule has 0 saturated carbocycles. The lowest BCUT2D eigenvalue weighted by Crippen LogP contribution is -2.35. The highest BCUT2D eigenvalue weighted by Gasteiger charge is 2.16. The number of nitrogens with one attached hydrogen (secondary N) is 1. The van der Waals surface area contributed by atoms with Crippen LogP contribution in [0.1, 0.15) is 18.4 Å². The lowest BCUT2D eigenvalue weighted by Gasteiger charge is -2.11.